The molecule has 0 saturated carbocycles. The lowest BCUT2D eigenvalue weighted by atomic mass is 10.1. The summed E-state index contributed by atoms with van der Waals surface area (Å²) in [5, 5.41) is 3.01. The van der Waals surface area contributed by atoms with Crippen LogP contribution in [-0.4, -0.2) is 0 Å². The molecule has 1 atom stereocenters. The molecule has 1 N–H and O–H groups in total. The zero-order valence-corrected chi connectivity index (χ0v) is 10.5. The van der Waals surface area contributed by atoms with Crippen molar-refractivity contribution in [3.63, 3.8) is 0 Å². The van der Waals surface area contributed by atoms with E-state index in [-0.39, 0.29) is 24.0 Å². The van der Waals surface area contributed by atoms with Crippen LogP contribution in [-0.2, 0) is 6.54 Å². The van der Waals surface area contributed by atoms with Gasteiger partial charge in [0.15, 0.2) is 0 Å². The van der Waals surface area contributed by atoms with Gasteiger partial charge in [0.25, 0.3) is 0 Å². The van der Waals surface area contributed by atoms with Crippen LogP contribution in [0.15, 0.2) is 42.5 Å². The fourth-order valence-corrected chi connectivity index (χ4v) is 1.83. The van der Waals surface area contributed by atoms with E-state index in [1.54, 1.807) is 12.1 Å². The minimum absolute atomic E-state index is 0.0106. The van der Waals surface area contributed by atoms with Crippen molar-refractivity contribution >= 4 is 0 Å². The van der Waals surface area contributed by atoms with Crippen molar-refractivity contribution in [3.8, 4) is 0 Å². The van der Waals surface area contributed by atoms with Crippen LogP contribution in [0.5, 0.6) is 0 Å². The molecular weight excluding hydrogens is 251 g/mol. The van der Waals surface area contributed by atoms with Crippen LogP contribution < -0.4 is 5.32 Å². The Labute approximate surface area is 110 Å². The summed E-state index contributed by atoms with van der Waals surface area (Å²) in [4.78, 5) is 0. The van der Waals surface area contributed by atoms with Gasteiger partial charge in [0.05, 0.1) is 0 Å². The van der Waals surface area contributed by atoms with Crippen molar-refractivity contribution in [2.45, 2.75) is 19.5 Å². The van der Waals surface area contributed by atoms with Crippen molar-refractivity contribution in [1.82, 2.24) is 5.32 Å². The van der Waals surface area contributed by atoms with Gasteiger partial charge in [0.1, 0.15) is 17.5 Å². The van der Waals surface area contributed by atoms with Gasteiger partial charge in [-0.1, -0.05) is 18.2 Å². The largest absolute Gasteiger partial charge is 0.306 e. The molecule has 0 saturated heterocycles. The van der Waals surface area contributed by atoms with Crippen LogP contribution in [0.2, 0.25) is 0 Å². The Morgan fingerprint density at radius 1 is 0.947 bits per heavy atom. The summed E-state index contributed by atoms with van der Waals surface area (Å²) in [6.07, 6.45) is 0. The zero-order chi connectivity index (χ0) is 13.8. The minimum Gasteiger partial charge on any atom is -0.306 e. The molecule has 0 aromatic heterocycles. The Morgan fingerprint density at radius 3 is 2.11 bits per heavy atom. The second-order valence-corrected chi connectivity index (χ2v) is 4.35. The molecule has 1 nitrogen and oxygen atoms in total. The van der Waals surface area contributed by atoms with Crippen LogP contribution in [0, 0.1) is 17.5 Å². The third-order valence-electron chi connectivity index (χ3n) is 3.02. The third-order valence-corrected chi connectivity index (χ3v) is 3.02. The van der Waals surface area contributed by atoms with E-state index in [0.29, 0.717) is 0 Å². The Bertz CT molecular complexity index is 532. The van der Waals surface area contributed by atoms with Gasteiger partial charge in [-0.15, -0.1) is 0 Å². The summed E-state index contributed by atoms with van der Waals surface area (Å²) in [6.45, 7) is 1.93. The van der Waals surface area contributed by atoms with Crippen molar-refractivity contribution < 1.29 is 13.2 Å². The second kappa shape index (κ2) is 5.89. The Hall–Kier alpha value is -1.81. The lowest BCUT2D eigenvalue weighted by Crippen LogP contribution is -2.19. The van der Waals surface area contributed by atoms with E-state index in [2.05, 4.69) is 5.32 Å². The van der Waals surface area contributed by atoms with E-state index in [0.717, 1.165) is 5.56 Å². The number of rotatable bonds is 4. The van der Waals surface area contributed by atoms with Gasteiger partial charge in [0, 0.05) is 18.2 Å². The molecular formula is C15H14F3N. The highest BCUT2D eigenvalue weighted by Crippen LogP contribution is 2.16. The minimum atomic E-state index is -0.571. The Balaban J connectivity index is 2.04. The van der Waals surface area contributed by atoms with Gasteiger partial charge in [0.2, 0.25) is 0 Å². The van der Waals surface area contributed by atoms with Gasteiger partial charge in [-0.25, -0.2) is 13.2 Å². The predicted molar refractivity (Wildman–Crippen MR) is 68.0 cm³/mol. The monoisotopic (exact) mass is 265 g/mol. The molecule has 1 unspecified atom stereocenters. The van der Waals surface area contributed by atoms with Gasteiger partial charge >= 0.3 is 0 Å². The summed E-state index contributed by atoms with van der Waals surface area (Å²) in [5.41, 5.74) is 0.870. The molecule has 0 heterocycles. The predicted octanol–water partition coefficient (Wildman–Crippen LogP) is 3.95. The van der Waals surface area contributed by atoms with E-state index in [1.165, 1.54) is 30.3 Å². The standard InChI is InChI=1S/C15H14F3N/c1-10(11-5-7-12(16)8-6-11)19-9-13-14(17)3-2-4-15(13)18/h2-8,10,19H,9H2,1H3. The molecule has 0 radical (unpaired) electrons. The quantitative estimate of drug-likeness (QED) is 0.882. The van der Waals surface area contributed by atoms with E-state index in [4.69, 9.17) is 0 Å². The normalized spacial score (nSPS) is 12.4. The molecule has 2 rings (SSSR count). The number of benzene rings is 2. The maximum Gasteiger partial charge on any atom is 0.130 e. The lowest BCUT2D eigenvalue weighted by molar-refractivity contribution is 0.508. The zero-order valence-electron chi connectivity index (χ0n) is 10.5. The summed E-state index contributed by atoms with van der Waals surface area (Å²) in [6, 6.07) is 9.66. The van der Waals surface area contributed by atoms with Crippen LogP contribution in [0.3, 0.4) is 0 Å². The fourth-order valence-electron chi connectivity index (χ4n) is 1.83. The van der Waals surface area contributed by atoms with Crippen LogP contribution in [0.25, 0.3) is 0 Å². The molecule has 0 bridgehead atoms. The molecule has 4 heteroatoms. The number of hydrogen-bond donors (Lipinski definition) is 1. The van der Waals surface area contributed by atoms with Crippen molar-refractivity contribution in [2.75, 3.05) is 0 Å². The summed E-state index contributed by atoms with van der Waals surface area (Å²) in [7, 11) is 0. The molecule has 2 aromatic rings. The smallest absolute Gasteiger partial charge is 0.130 e. The molecule has 0 aliphatic rings. The van der Waals surface area contributed by atoms with Crippen molar-refractivity contribution in [2.24, 2.45) is 0 Å². The highest BCUT2D eigenvalue weighted by Gasteiger charge is 2.10. The van der Waals surface area contributed by atoms with E-state index in [9.17, 15) is 13.2 Å². The van der Waals surface area contributed by atoms with Crippen LogP contribution in [0.4, 0.5) is 13.2 Å². The van der Waals surface area contributed by atoms with Crippen LogP contribution in [0.1, 0.15) is 24.1 Å². The highest BCUT2D eigenvalue weighted by molar-refractivity contribution is 5.22. The molecule has 2 aromatic carbocycles. The number of nitrogens with one attached hydrogen (secondary N) is 1. The van der Waals surface area contributed by atoms with Crippen molar-refractivity contribution in [3.05, 3.63) is 71.0 Å². The Morgan fingerprint density at radius 2 is 1.53 bits per heavy atom. The second-order valence-electron chi connectivity index (χ2n) is 4.35. The maximum atomic E-state index is 13.4. The highest BCUT2D eigenvalue weighted by atomic mass is 19.1. The average molecular weight is 265 g/mol. The van der Waals surface area contributed by atoms with E-state index < -0.39 is 11.6 Å². The van der Waals surface area contributed by atoms with Crippen molar-refractivity contribution in [1.29, 1.82) is 0 Å². The van der Waals surface area contributed by atoms with E-state index >= 15 is 0 Å². The molecule has 0 amide bonds. The van der Waals surface area contributed by atoms with Gasteiger partial charge in [-0.2, -0.15) is 0 Å². The summed E-state index contributed by atoms with van der Waals surface area (Å²) < 4.78 is 39.6. The van der Waals surface area contributed by atoms with Crippen LogP contribution >= 0.6 is 0 Å². The first-order chi connectivity index (χ1) is 9.08. The molecule has 100 valence electrons. The number of hydrogen-bond acceptors (Lipinski definition) is 1. The first kappa shape index (κ1) is 13.6. The number of halogens is 3. The fraction of sp³-hybridized carbons (Fsp3) is 0.200. The molecule has 0 spiro atoms. The lowest BCUT2D eigenvalue weighted by Gasteiger charge is -2.15. The Kier molecular flexibility index (Phi) is 4.22. The first-order valence-corrected chi connectivity index (χ1v) is 5.99. The summed E-state index contributed by atoms with van der Waals surface area (Å²) in [5.74, 6) is -1.45. The first-order valence-electron chi connectivity index (χ1n) is 5.99. The summed E-state index contributed by atoms with van der Waals surface area (Å²) >= 11 is 0. The van der Waals surface area contributed by atoms with Gasteiger partial charge in [-0.3, -0.25) is 0 Å². The average Bonchev–Trinajstić information content (AvgIpc) is 2.38. The molecule has 19 heavy (non-hydrogen) atoms. The third kappa shape index (κ3) is 3.35. The molecule has 0 aliphatic heterocycles. The van der Waals surface area contributed by atoms with E-state index in [1.807, 2.05) is 6.92 Å². The molecule has 0 fully saturated rings. The van der Waals surface area contributed by atoms with Gasteiger partial charge in [-0.05, 0) is 36.8 Å². The molecule has 0 aliphatic carbocycles. The van der Waals surface area contributed by atoms with Gasteiger partial charge < -0.3 is 5.32 Å². The maximum absolute atomic E-state index is 13.4. The topological polar surface area (TPSA) is 12.0 Å². The SMILES string of the molecule is CC(NCc1c(F)cccc1F)c1ccc(F)cc1.